The lowest BCUT2D eigenvalue weighted by molar-refractivity contribution is 0.00826. The van der Waals surface area contributed by atoms with E-state index in [0.29, 0.717) is 12.4 Å². The average molecular weight is 242 g/mol. The molecule has 1 heterocycles. The van der Waals surface area contributed by atoms with Gasteiger partial charge in [0.15, 0.2) is 0 Å². The van der Waals surface area contributed by atoms with Crippen LogP contribution in [0, 0.1) is 0 Å². The molecular formula is C10H18N4O3. The highest BCUT2D eigenvalue weighted by Crippen LogP contribution is 2.17. The van der Waals surface area contributed by atoms with Crippen molar-refractivity contribution in [3.63, 3.8) is 0 Å². The molecule has 0 aromatic carbocycles. The van der Waals surface area contributed by atoms with Crippen LogP contribution in [0.3, 0.4) is 0 Å². The fraction of sp³-hybridized carbons (Fsp3) is 0.700. The summed E-state index contributed by atoms with van der Waals surface area (Å²) in [7, 11) is 1.55. The quantitative estimate of drug-likeness (QED) is 0.576. The monoisotopic (exact) mass is 242 g/mol. The number of carbonyl (C=O) groups excluding carboxylic acids is 1. The van der Waals surface area contributed by atoms with E-state index in [2.05, 4.69) is 20.7 Å². The smallest absolute Gasteiger partial charge is 0.314 e. The number of carbonyl (C=O) groups is 1. The van der Waals surface area contributed by atoms with Gasteiger partial charge >= 0.3 is 5.91 Å². The molecule has 0 saturated carbocycles. The van der Waals surface area contributed by atoms with Crippen molar-refractivity contribution in [2.75, 3.05) is 20.3 Å². The van der Waals surface area contributed by atoms with Crippen molar-refractivity contribution in [3.8, 4) is 0 Å². The number of amides is 1. The van der Waals surface area contributed by atoms with Gasteiger partial charge in [-0.05, 0) is 0 Å². The van der Waals surface area contributed by atoms with Crippen LogP contribution in [0.15, 0.2) is 0 Å². The molecule has 0 radical (unpaired) electrons. The maximum Gasteiger partial charge on any atom is 0.314 e. The summed E-state index contributed by atoms with van der Waals surface area (Å²) in [5.74, 6) is 0.236. The van der Waals surface area contributed by atoms with Crippen LogP contribution in [0.2, 0.25) is 0 Å². The Bertz CT molecular complexity index is 370. The molecule has 1 amide bonds. The van der Waals surface area contributed by atoms with Crippen molar-refractivity contribution in [1.82, 2.24) is 20.7 Å². The van der Waals surface area contributed by atoms with Gasteiger partial charge in [-0.1, -0.05) is 20.8 Å². The first-order valence-corrected chi connectivity index (χ1v) is 5.29. The van der Waals surface area contributed by atoms with Gasteiger partial charge in [-0.15, -0.1) is 5.10 Å². The van der Waals surface area contributed by atoms with Crippen molar-refractivity contribution in [3.05, 3.63) is 11.6 Å². The molecule has 1 rings (SSSR count). The van der Waals surface area contributed by atoms with Crippen LogP contribution in [0.4, 0.5) is 0 Å². The summed E-state index contributed by atoms with van der Waals surface area (Å²) in [4.78, 5) is 20.5. The average Bonchev–Trinajstić information content (AvgIpc) is 2.72. The van der Waals surface area contributed by atoms with Gasteiger partial charge in [-0.25, -0.2) is 10.5 Å². The molecule has 7 nitrogen and oxygen atoms in total. The minimum absolute atomic E-state index is 0.0624. The Labute approximate surface area is 99.9 Å². The first kappa shape index (κ1) is 13.6. The third-order valence-electron chi connectivity index (χ3n) is 1.95. The van der Waals surface area contributed by atoms with E-state index >= 15 is 0 Å². The molecule has 0 bridgehead atoms. The standard InChI is InChI=1S/C10H18N4O3/c1-10(2,3)9-11-7(12-13-9)8(15)14-17-6-5-16-4/h5-6H2,1-4H3,(H,14,15)(H,11,12,13). The fourth-order valence-electron chi connectivity index (χ4n) is 0.986. The van der Waals surface area contributed by atoms with Gasteiger partial charge < -0.3 is 4.74 Å². The van der Waals surface area contributed by atoms with E-state index < -0.39 is 5.91 Å². The topological polar surface area (TPSA) is 89.1 Å². The molecule has 0 aliphatic heterocycles. The van der Waals surface area contributed by atoms with Gasteiger partial charge in [-0.3, -0.25) is 14.7 Å². The van der Waals surface area contributed by atoms with Crippen LogP contribution in [-0.4, -0.2) is 41.4 Å². The van der Waals surface area contributed by atoms with Crippen molar-refractivity contribution in [2.45, 2.75) is 26.2 Å². The summed E-state index contributed by atoms with van der Waals surface area (Å²) in [6, 6.07) is 0. The Kier molecular flexibility index (Phi) is 4.59. The fourth-order valence-corrected chi connectivity index (χ4v) is 0.986. The van der Waals surface area contributed by atoms with Crippen molar-refractivity contribution in [2.24, 2.45) is 0 Å². The minimum Gasteiger partial charge on any atom is -0.382 e. The molecule has 0 aliphatic rings. The van der Waals surface area contributed by atoms with Gasteiger partial charge in [0.1, 0.15) is 5.82 Å². The number of nitrogens with zero attached hydrogens (tertiary/aromatic N) is 2. The molecule has 7 heteroatoms. The van der Waals surface area contributed by atoms with E-state index in [4.69, 9.17) is 9.57 Å². The van der Waals surface area contributed by atoms with Crippen LogP contribution >= 0.6 is 0 Å². The Morgan fingerprint density at radius 3 is 2.65 bits per heavy atom. The molecule has 0 saturated heterocycles. The molecule has 1 aromatic rings. The first-order valence-electron chi connectivity index (χ1n) is 5.29. The third-order valence-corrected chi connectivity index (χ3v) is 1.95. The van der Waals surface area contributed by atoms with Gasteiger partial charge in [0.05, 0.1) is 13.2 Å². The summed E-state index contributed by atoms with van der Waals surface area (Å²) in [6.07, 6.45) is 0. The number of hydrogen-bond donors (Lipinski definition) is 2. The number of rotatable bonds is 5. The number of aromatic amines is 1. The molecule has 96 valence electrons. The molecular weight excluding hydrogens is 224 g/mol. The van der Waals surface area contributed by atoms with E-state index in [1.165, 1.54) is 0 Å². The highest BCUT2D eigenvalue weighted by atomic mass is 16.7. The van der Waals surface area contributed by atoms with Crippen LogP contribution in [0.25, 0.3) is 0 Å². The zero-order valence-electron chi connectivity index (χ0n) is 10.5. The van der Waals surface area contributed by atoms with E-state index in [-0.39, 0.29) is 17.8 Å². The maximum atomic E-state index is 11.5. The molecule has 0 spiro atoms. The largest absolute Gasteiger partial charge is 0.382 e. The number of nitrogens with one attached hydrogen (secondary N) is 2. The van der Waals surface area contributed by atoms with Crippen molar-refractivity contribution < 1.29 is 14.4 Å². The summed E-state index contributed by atoms with van der Waals surface area (Å²) >= 11 is 0. The lowest BCUT2D eigenvalue weighted by atomic mass is 9.96. The molecule has 0 aliphatic carbocycles. The van der Waals surface area contributed by atoms with Crippen LogP contribution in [0.1, 0.15) is 37.2 Å². The summed E-state index contributed by atoms with van der Waals surface area (Å²) in [5, 5.41) is 6.55. The van der Waals surface area contributed by atoms with E-state index in [9.17, 15) is 4.79 Å². The molecule has 1 aromatic heterocycles. The molecule has 0 fully saturated rings. The second kappa shape index (κ2) is 5.74. The SMILES string of the molecule is COCCONC(=O)c1n[nH]c(C(C)(C)C)n1. The van der Waals surface area contributed by atoms with Gasteiger partial charge in [0.2, 0.25) is 5.82 Å². The van der Waals surface area contributed by atoms with Crippen molar-refractivity contribution in [1.29, 1.82) is 0 Å². The Morgan fingerprint density at radius 1 is 1.41 bits per heavy atom. The van der Waals surface area contributed by atoms with E-state index in [1.807, 2.05) is 20.8 Å². The number of aromatic nitrogens is 3. The second-order valence-corrected chi connectivity index (χ2v) is 4.53. The van der Waals surface area contributed by atoms with Gasteiger partial charge in [0.25, 0.3) is 0 Å². The van der Waals surface area contributed by atoms with Crippen LogP contribution in [-0.2, 0) is 15.0 Å². The first-order chi connectivity index (χ1) is 7.95. The zero-order valence-corrected chi connectivity index (χ0v) is 10.5. The number of hydroxylamine groups is 1. The zero-order chi connectivity index (χ0) is 12.9. The number of methoxy groups -OCH3 is 1. The summed E-state index contributed by atoms with van der Waals surface area (Å²) < 4.78 is 4.76. The number of ether oxygens (including phenoxy) is 1. The highest BCUT2D eigenvalue weighted by molar-refractivity contribution is 5.89. The van der Waals surface area contributed by atoms with Crippen molar-refractivity contribution >= 4 is 5.91 Å². The number of H-pyrrole nitrogens is 1. The predicted octanol–water partition coefficient (Wildman–Crippen LogP) is 0.410. The summed E-state index contributed by atoms with van der Waals surface area (Å²) in [6.45, 7) is 6.61. The van der Waals surface area contributed by atoms with E-state index in [1.54, 1.807) is 7.11 Å². The van der Waals surface area contributed by atoms with Gasteiger partial charge in [0, 0.05) is 12.5 Å². The Morgan fingerprint density at radius 2 is 2.12 bits per heavy atom. The molecule has 2 N–H and O–H groups in total. The minimum atomic E-state index is -0.479. The summed E-state index contributed by atoms with van der Waals surface area (Å²) in [5.41, 5.74) is 2.06. The normalized spacial score (nSPS) is 11.5. The molecule has 0 atom stereocenters. The third kappa shape index (κ3) is 4.12. The van der Waals surface area contributed by atoms with Gasteiger partial charge in [-0.2, -0.15) is 0 Å². The Balaban J connectivity index is 2.50. The lowest BCUT2D eigenvalue weighted by Crippen LogP contribution is -2.26. The lowest BCUT2D eigenvalue weighted by Gasteiger charge is -2.12. The maximum absolute atomic E-state index is 11.5. The second-order valence-electron chi connectivity index (χ2n) is 4.53. The predicted molar refractivity (Wildman–Crippen MR) is 60.4 cm³/mol. The van der Waals surface area contributed by atoms with E-state index in [0.717, 1.165) is 0 Å². The molecule has 0 unspecified atom stereocenters. The molecule has 17 heavy (non-hydrogen) atoms. The van der Waals surface area contributed by atoms with Crippen LogP contribution < -0.4 is 5.48 Å². The van der Waals surface area contributed by atoms with Crippen LogP contribution in [0.5, 0.6) is 0 Å². The highest BCUT2D eigenvalue weighted by Gasteiger charge is 2.21. The number of hydrogen-bond acceptors (Lipinski definition) is 5. The Hall–Kier alpha value is -1.47.